The lowest BCUT2D eigenvalue weighted by Crippen LogP contribution is -2.17. The molecule has 192 valence electrons. The van der Waals surface area contributed by atoms with Crippen molar-refractivity contribution >= 4 is 22.9 Å². The number of hydrogen-bond acceptors (Lipinski definition) is 6. The van der Waals surface area contributed by atoms with Gasteiger partial charge in [-0.15, -0.1) is 11.3 Å². The van der Waals surface area contributed by atoms with Crippen LogP contribution in [0.2, 0.25) is 0 Å². The van der Waals surface area contributed by atoms with Gasteiger partial charge < -0.3 is 15.8 Å². The second-order valence-corrected chi connectivity index (χ2v) is 9.73. The number of nitrogens with two attached hydrogens (primary N) is 1. The van der Waals surface area contributed by atoms with Gasteiger partial charge in [0.15, 0.2) is 5.69 Å². The number of halogens is 3. The molecule has 2 aromatic heterocycles. The third kappa shape index (κ3) is 5.90. The Kier molecular flexibility index (Phi) is 7.09. The van der Waals surface area contributed by atoms with E-state index in [2.05, 4.69) is 15.4 Å². The third-order valence-corrected chi connectivity index (χ3v) is 6.76. The zero-order valence-electron chi connectivity index (χ0n) is 19.6. The first-order valence-electron chi connectivity index (χ1n) is 11.7. The fraction of sp³-hybridized carbons (Fsp3) is 0.269. The van der Waals surface area contributed by atoms with E-state index in [0.717, 1.165) is 34.2 Å². The van der Waals surface area contributed by atoms with E-state index in [0.29, 0.717) is 29.5 Å². The Morgan fingerprint density at radius 1 is 1.19 bits per heavy atom. The van der Waals surface area contributed by atoms with Crippen LogP contribution in [0.5, 0.6) is 0 Å². The van der Waals surface area contributed by atoms with Crippen LogP contribution >= 0.6 is 11.3 Å². The zero-order chi connectivity index (χ0) is 26.0. The predicted octanol–water partition coefficient (Wildman–Crippen LogP) is 5.57. The molecule has 0 radical (unpaired) electrons. The van der Waals surface area contributed by atoms with Gasteiger partial charge in [-0.3, -0.25) is 4.79 Å². The molecular weight excluding hydrogens is 503 g/mol. The highest BCUT2D eigenvalue weighted by molar-refractivity contribution is 7.09. The second kappa shape index (κ2) is 10.4. The van der Waals surface area contributed by atoms with Crippen molar-refractivity contribution in [2.24, 2.45) is 11.7 Å². The maximum Gasteiger partial charge on any atom is 0.435 e. The summed E-state index contributed by atoms with van der Waals surface area (Å²) in [4.78, 5) is 17.6. The van der Waals surface area contributed by atoms with Crippen molar-refractivity contribution in [1.29, 1.82) is 0 Å². The Morgan fingerprint density at radius 2 is 2.00 bits per heavy atom. The maximum atomic E-state index is 13.5. The summed E-state index contributed by atoms with van der Waals surface area (Å²) < 4.78 is 47.6. The van der Waals surface area contributed by atoms with E-state index >= 15 is 0 Å². The second-order valence-electron chi connectivity index (χ2n) is 8.81. The third-order valence-electron chi connectivity index (χ3n) is 5.94. The highest BCUT2D eigenvalue weighted by Gasteiger charge is 2.36. The van der Waals surface area contributed by atoms with Gasteiger partial charge in [0.1, 0.15) is 16.8 Å². The maximum absolute atomic E-state index is 13.5. The molecule has 4 aromatic rings. The van der Waals surface area contributed by atoms with Gasteiger partial charge in [0.2, 0.25) is 0 Å². The number of carbonyl (C=O) groups is 1. The van der Waals surface area contributed by atoms with Crippen LogP contribution in [0.4, 0.5) is 18.9 Å². The van der Waals surface area contributed by atoms with Gasteiger partial charge in [0.05, 0.1) is 12.3 Å². The van der Waals surface area contributed by atoms with Gasteiger partial charge >= 0.3 is 6.18 Å². The Bertz CT molecular complexity index is 1380. The molecule has 1 aliphatic rings. The number of thiazole rings is 1. The van der Waals surface area contributed by atoms with E-state index in [-0.39, 0.29) is 12.2 Å². The molecular formula is C26H24F3N5O2S. The monoisotopic (exact) mass is 527 g/mol. The minimum atomic E-state index is -4.72. The number of benzene rings is 2. The predicted molar refractivity (Wildman–Crippen MR) is 133 cm³/mol. The highest BCUT2D eigenvalue weighted by Crippen LogP contribution is 2.35. The average Bonchev–Trinajstić information content (AvgIpc) is 3.35. The van der Waals surface area contributed by atoms with Crippen molar-refractivity contribution in [2.45, 2.75) is 31.7 Å². The van der Waals surface area contributed by atoms with Gasteiger partial charge in [-0.05, 0) is 54.2 Å². The molecule has 0 aliphatic heterocycles. The number of rotatable bonds is 9. The van der Waals surface area contributed by atoms with E-state index in [1.165, 1.54) is 11.3 Å². The molecule has 37 heavy (non-hydrogen) atoms. The van der Waals surface area contributed by atoms with Crippen LogP contribution in [-0.2, 0) is 17.5 Å². The lowest BCUT2D eigenvalue weighted by molar-refractivity contribution is -0.141. The first-order chi connectivity index (χ1) is 17.8. The lowest BCUT2D eigenvalue weighted by atomic mass is 10.1. The molecule has 1 amide bonds. The van der Waals surface area contributed by atoms with Crippen molar-refractivity contribution in [2.75, 3.05) is 11.9 Å². The molecule has 1 fully saturated rings. The molecule has 0 spiro atoms. The number of alkyl halides is 3. The Labute approximate surface area is 215 Å². The summed E-state index contributed by atoms with van der Waals surface area (Å²) in [5, 5.41) is 9.05. The molecule has 2 aromatic carbocycles. The standard InChI is InChI=1S/C26H24F3N5O2S/c27-26(28,29)22-13-21(34(33-22)20-6-1-3-17(11-20)14-30)24(35)32-19-5-2-4-18(12-19)23(25-31-9-10-37-25)36-15-16-7-8-16/h1-6,9-13,16,23H,7-8,14-15,30H2,(H,32,35). The Balaban J connectivity index is 1.44. The van der Waals surface area contributed by atoms with E-state index in [9.17, 15) is 18.0 Å². The van der Waals surface area contributed by atoms with Crippen LogP contribution in [0.1, 0.15) is 51.3 Å². The van der Waals surface area contributed by atoms with Crippen LogP contribution in [0, 0.1) is 5.92 Å². The minimum absolute atomic E-state index is 0.193. The Morgan fingerprint density at radius 3 is 2.70 bits per heavy atom. The first-order valence-corrected chi connectivity index (χ1v) is 12.6. The molecule has 11 heteroatoms. The summed E-state index contributed by atoms with van der Waals surface area (Å²) in [7, 11) is 0. The van der Waals surface area contributed by atoms with E-state index in [1.54, 1.807) is 48.7 Å². The molecule has 3 N–H and O–H groups in total. The quantitative estimate of drug-likeness (QED) is 0.297. The average molecular weight is 528 g/mol. The van der Waals surface area contributed by atoms with E-state index in [1.807, 2.05) is 11.4 Å². The number of hydrogen-bond donors (Lipinski definition) is 2. The van der Waals surface area contributed by atoms with Crippen LogP contribution in [0.15, 0.2) is 66.2 Å². The van der Waals surface area contributed by atoms with Gasteiger partial charge in [-0.25, -0.2) is 9.67 Å². The van der Waals surface area contributed by atoms with Gasteiger partial charge in [0, 0.05) is 29.9 Å². The summed E-state index contributed by atoms with van der Waals surface area (Å²) in [5.41, 5.74) is 6.46. The molecule has 1 saturated carbocycles. The molecule has 5 rings (SSSR count). The summed E-state index contributed by atoms with van der Waals surface area (Å²) in [5.74, 6) is -0.186. The van der Waals surface area contributed by atoms with Crippen molar-refractivity contribution in [1.82, 2.24) is 14.8 Å². The normalized spacial score (nSPS) is 14.5. The van der Waals surface area contributed by atoms with Crippen LogP contribution in [0.3, 0.4) is 0 Å². The smallest absolute Gasteiger partial charge is 0.366 e. The van der Waals surface area contributed by atoms with Crippen molar-refractivity contribution < 1.29 is 22.7 Å². The number of carbonyl (C=O) groups excluding carboxylic acids is 1. The number of nitrogens with zero attached hydrogens (tertiary/aromatic N) is 3. The molecule has 0 bridgehead atoms. The highest BCUT2D eigenvalue weighted by atomic mass is 32.1. The number of aromatic nitrogens is 3. The molecule has 1 unspecified atom stereocenters. The number of nitrogens with one attached hydrogen (secondary N) is 1. The van der Waals surface area contributed by atoms with Gasteiger partial charge in [-0.2, -0.15) is 18.3 Å². The topological polar surface area (TPSA) is 95.1 Å². The summed E-state index contributed by atoms with van der Waals surface area (Å²) in [6.07, 6.45) is -1.13. The summed E-state index contributed by atoms with van der Waals surface area (Å²) in [6.45, 7) is 0.806. The van der Waals surface area contributed by atoms with Crippen LogP contribution < -0.4 is 11.1 Å². The Hall–Kier alpha value is -3.54. The minimum Gasteiger partial charge on any atom is -0.366 e. The zero-order valence-corrected chi connectivity index (χ0v) is 20.4. The van der Waals surface area contributed by atoms with E-state index in [4.69, 9.17) is 10.5 Å². The number of anilines is 1. The van der Waals surface area contributed by atoms with Crippen LogP contribution in [0.25, 0.3) is 5.69 Å². The lowest BCUT2D eigenvalue weighted by Gasteiger charge is -2.17. The molecule has 7 nitrogen and oxygen atoms in total. The molecule has 0 saturated heterocycles. The van der Waals surface area contributed by atoms with Gasteiger partial charge in [-0.1, -0.05) is 24.3 Å². The molecule has 1 atom stereocenters. The van der Waals surface area contributed by atoms with E-state index < -0.39 is 23.9 Å². The summed E-state index contributed by atoms with van der Waals surface area (Å²) >= 11 is 1.47. The number of ether oxygens (including phenoxy) is 1. The fourth-order valence-electron chi connectivity index (χ4n) is 3.86. The SMILES string of the molecule is NCc1cccc(-n2nc(C(F)(F)F)cc2C(=O)Nc2cccc(C(OCC3CC3)c3nccs3)c2)c1. The van der Waals surface area contributed by atoms with Crippen molar-refractivity contribution in [3.05, 3.63) is 93.7 Å². The molecule has 2 heterocycles. The molecule has 1 aliphatic carbocycles. The first kappa shape index (κ1) is 25.1. The fourth-order valence-corrected chi connectivity index (χ4v) is 4.57. The number of amides is 1. The summed E-state index contributed by atoms with van der Waals surface area (Å²) in [6, 6.07) is 14.4. The van der Waals surface area contributed by atoms with Crippen molar-refractivity contribution in [3.8, 4) is 5.69 Å². The van der Waals surface area contributed by atoms with Crippen LogP contribution in [-0.4, -0.2) is 27.3 Å². The van der Waals surface area contributed by atoms with Crippen molar-refractivity contribution in [3.63, 3.8) is 0 Å². The van der Waals surface area contributed by atoms with Gasteiger partial charge in [0.25, 0.3) is 5.91 Å². The largest absolute Gasteiger partial charge is 0.435 e.